The molecular weight excluding hydrogens is 312 g/mol. The average molecular weight is 334 g/mol. The molecule has 0 radical (unpaired) electrons. The zero-order valence-corrected chi connectivity index (χ0v) is 14.6. The Kier molecular flexibility index (Phi) is 5.40. The topological polar surface area (TPSA) is 35.5 Å². The Hall–Kier alpha value is -2.73. The summed E-state index contributed by atoms with van der Waals surface area (Å²) in [5.41, 5.74) is 3.75. The number of ether oxygens (including phenoxy) is 2. The summed E-state index contributed by atoms with van der Waals surface area (Å²) in [6, 6.07) is 16.4. The van der Waals surface area contributed by atoms with Gasteiger partial charge in [-0.05, 0) is 35.7 Å². The third-order valence-corrected chi connectivity index (χ3v) is 4.52. The number of fused-ring (bicyclic) bond motifs is 1. The third kappa shape index (κ3) is 4.22. The molecule has 2 aromatic rings. The maximum Gasteiger partial charge on any atom is 0.307 e. The predicted octanol–water partition coefficient (Wildman–Crippen LogP) is 3.90. The summed E-state index contributed by atoms with van der Waals surface area (Å²) < 4.78 is 10.9. The molecule has 0 N–H and O–H groups in total. The van der Waals surface area contributed by atoms with Crippen LogP contribution in [0, 0.1) is 11.8 Å². The van der Waals surface area contributed by atoms with Gasteiger partial charge in [-0.25, -0.2) is 0 Å². The van der Waals surface area contributed by atoms with Crippen molar-refractivity contribution in [1.29, 1.82) is 0 Å². The first kappa shape index (κ1) is 17.1. The molecule has 1 aliphatic carbocycles. The highest BCUT2D eigenvalue weighted by molar-refractivity contribution is 5.71. The molecule has 0 saturated carbocycles. The first-order chi connectivity index (χ1) is 12.2. The summed E-state index contributed by atoms with van der Waals surface area (Å²) in [6.45, 7) is 1.78. The SMILES string of the molecule is CC#C[C@@H](CC(=O)OC)c1ccc(OC2Cc3ccccc3C2)cc1. The smallest absolute Gasteiger partial charge is 0.307 e. The van der Waals surface area contributed by atoms with Gasteiger partial charge < -0.3 is 9.47 Å². The number of hydrogen-bond donors (Lipinski definition) is 0. The monoisotopic (exact) mass is 334 g/mol. The molecule has 2 aromatic carbocycles. The van der Waals surface area contributed by atoms with Crippen molar-refractivity contribution in [3.8, 4) is 17.6 Å². The number of carbonyl (C=O) groups excluding carboxylic acids is 1. The van der Waals surface area contributed by atoms with Crippen molar-refractivity contribution in [3.63, 3.8) is 0 Å². The molecule has 0 aromatic heterocycles. The van der Waals surface area contributed by atoms with Crippen LogP contribution in [0.3, 0.4) is 0 Å². The highest BCUT2D eigenvalue weighted by atomic mass is 16.5. The molecule has 0 saturated heterocycles. The minimum Gasteiger partial charge on any atom is -0.490 e. The van der Waals surface area contributed by atoms with Crippen LogP contribution in [0.15, 0.2) is 48.5 Å². The highest BCUT2D eigenvalue weighted by Crippen LogP contribution is 2.27. The van der Waals surface area contributed by atoms with Gasteiger partial charge in [0.05, 0.1) is 19.4 Å². The Bertz CT molecular complexity index is 771. The number of carbonyl (C=O) groups is 1. The Labute approximate surface area is 149 Å². The van der Waals surface area contributed by atoms with Crippen LogP contribution < -0.4 is 4.74 Å². The van der Waals surface area contributed by atoms with E-state index >= 15 is 0 Å². The molecular formula is C22H22O3. The van der Waals surface area contributed by atoms with Crippen LogP contribution >= 0.6 is 0 Å². The van der Waals surface area contributed by atoms with E-state index in [2.05, 4.69) is 36.1 Å². The highest BCUT2D eigenvalue weighted by Gasteiger charge is 2.22. The summed E-state index contributed by atoms with van der Waals surface area (Å²) >= 11 is 0. The van der Waals surface area contributed by atoms with Gasteiger partial charge in [0.2, 0.25) is 0 Å². The van der Waals surface area contributed by atoms with Gasteiger partial charge in [0, 0.05) is 12.8 Å². The summed E-state index contributed by atoms with van der Waals surface area (Å²) in [5, 5.41) is 0. The number of rotatable bonds is 5. The van der Waals surface area contributed by atoms with Crippen LogP contribution in [0.1, 0.15) is 36.0 Å². The Balaban J connectivity index is 1.65. The lowest BCUT2D eigenvalue weighted by Crippen LogP contribution is -2.16. The molecule has 0 spiro atoms. The molecule has 0 amide bonds. The fourth-order valence-corrected chi connectivity index (χ4v) is 3.25. The predicted molar refractivity (Wildman–Crippen MR) is 97.5 cm³/mol. The first-order valence-electron chi connectivity index (χ1n) is 8.52. The van der Waals surface area contributed by atoms with Gasteiger partial charge in [0.25, 0.3) is 0 Å². The van der Waals surface area contributed by atoms with Gasteiger partial charge in [-0.3, -0.25) is 4.79 Å². The zero-order valence-electron chi connectivity index (χ0n) is 14.6. The molecule has 3 nitrogen and oxygen atoms in total. The second-order valence-corrected chi connectivity index (χ2v) is 6.21. The Morgan fingerprint density at radius 3 is 2.32 bits per heavy atom. The maximum atomic E-state index is 11.6. The minimum absolute atomic E-state index is 0.151. The molecule has 0 fully saturated rings. The van der Waals surface area contributed by atoms with Crippen LogP contribution in [0.2, 0.25) is 0 Å². The van der Waals surface area contributed by atoms with E-state index in [9.17, 15) is 4.79 Å². The van der Waals surface area contributed by atoms with E-state index in [4.69, 9.17) is 9.47 Å². The number of esters is 1. The summed E-state index contributed by atoms with van der Waals surface area (Å²) in [7, 11) is 1.40. The van der Waals surface area contributed by atoms with Crippen LogP contribution in [-0.4, -0.2) is 19.2 Å². The van der Waals surface area contributed by atoms with Crippen molar-refractivity contribution in [2.24, 2.45) is 0 Å². The van der Waals surface area contributed by atoms with Crippen molar-refractivity contribution in [1.82, 2.24) is 0 Å². The van der Waals surface area contributed by atoms with Crippen molar-refractivity contribution in [3.05, 3.63) is 65.2 Å². The van der Waals surface area contributed by atoms with E-state index < -0.39 is 0 Å². The number of hydrogen-bond acceptors (Lipinski definition) is 3. The van der Waals surface area contributed by atoms with Crippen molar-refractivity contribution < 1.29 is 14.3 Å². The normalized spacial score (nSPS) is 14.2. The van der Waals surface area contributed by atoms with E-state index in [0.29, 0.717) is 0 Å². The number of methoxy groups -OCH3 is 1. The van der Waals surface area contributed by atoms with Crippen LogP contribution in [0.5, 0.6) is 5.75 Å². The summed E-state index contributed by atoms with van der Waals surface area (Å²) in [4.78, 5) is 11.6. The molecule has 0 bridgehead atoms. The van der Waals surface area contributed by atoms with Crippen LogP contribution in [-0.2, 0) is 22.4 Å². The van der Waals surface area contributed by atoms with Gasteiger partial charge in [-0.15, -0.1) is 5.92 Å². The molecule has 3 heteroatoms. The molecule has 0 unspecified atom stereocenters. The second-order valence-electron chi connectivity index (χ2n) is 6.21. The van der Waals surface area contributed by atoms with E-state index in [1.54, 1.807) is 6.92 Å². The lowest BCUT2D eigenvalue weighted by Gasteiger charge is -2.15. The lowest BCUT2D eigenvalue weighted by atomic mass is 9.96. The molecule has 25 heavy (non-hydrogen) atoms. The van der Waals surface area contributed by atoms with Crippen molar-refractivity contribution >= 4 is 5.97 Å². The van der Waals surface area contributed by atoms with Crippen LogP contribution in [0.25, 0.3) is 0 Å². The van der Waals surface area contributed by atoms with Crippen molar-refractivity contribution in [2.75, 3.05) is 7.11 Å². The largest absolute Gasteiger partial charge is 0.490 e. The third-order valence-electron chi connectivity index (χ3n) is 4.52. The van der Waals surface area contributed by atoms with E-state index in [1.165, 1.54) is 18.2 Å². The summed E-state index contributed by atoms with van der Waals surface area (Å²) in [6.07, 6.45) is 2.34. The molecule has 128 valence electrons. The Morgan fingerprint density at radius 1 is 1.12 bits per heavy atom. The lowest BCUT2D eigenvalue weighted by molar-refractivity contribution is -0.140. The van der Waals surface area contributed by atoms with E-state index in [0.717, 1.165) is 24.2 Å². The summed E-state index contributed by atoms with van der Waals surface area (Å²) in [5.74, 6) is 6.41. The first-order valence-corrected chi connectivity index (χ1v) is 8.52. The van der Waals surface area contributed by atoms with E-state index in [1.807, 2.05) is 24.3 Å². The molecule has 1 atom stereocenters. The fraction of sp³-hybridized carbons (Fsp3) is 0.318. The van der Waals surface area contributed by atoms with Gasteiger partial charge in [0.1, 0.15) is 11.9 Å². The standard InChI is InChI=1S/C22H22O3/c1-3-6-17(15-22(23)24-2)16-9-11-20(12-10-16)25-21-13-18-7-4-5-8-19(18)14-21/h4-5,7-12,17,21H,13-15H2,1-2H3/t17-/m0/s1. The molecule has 0 aliphatic heterocycles. The minimum atomic E-state index is -0.253. The van der Waals surface area contributed by atoms with Gasteiger partial charge in [-0.2, -0.15) is 0 Å². The Morgan fingerprint density at radius 2 is 1.76 bits per heavy atom. The fourth-order valence-electron chi connectivity index (χ4n) is 3.25. The van der Waals surface area contributed by atoms with Gasteiger partial charge >= 0.3 is 5.97 Å². The molecule has 3 rings (SSSR count). The van der Waals surface area contributed by atoms with Crippen molar-refractivity contribution in [2.45, 2.75) is 38.2 Å². The second kappa shape index (κ2) is 7.90. The van der Waals surface area contributed by atoms with Crippen LogP contribution in [0.4, 0.5) is 0 Å². The molecule has 1 aliphatic rings. The van der Waals surface area contributed by atoms with Gasteiger partial charge in [-0.1, -0.05) is 42.3 Å². The average Bonchev–Trinajstić information content (AvgIpc) is 3.04. The number of benzene rings is 2. The van der Waals surface area contributed by atoms with E-state index in [-0.39, 0.29) is 24.4 Å². The quantitative estimate of drug-likeness (QED) is 0.614. The van der Waals surface area contributed by atoms with Gasteiger partial charge in [0.15, 0.2) is 0 Å². The maximum absolute atomic E-state index is 11.6. The molecule has 0 heterocycles. The zero-order chi connectivity index (χ0) is 17.6.